The van der Waals surface area contributed by atoms with Crippen LogP contribution in [0.5, 0.6) is 0 Å². The zero-order valence-corrected chi connectivity index (χ0v) is 16.2. The van der Waals surface area contributed by atoms with Crippen molar-refractivity contribution in [1.82, 2.24) is 10.6 Å². The molecule has 25 heavy (non-hydrogen) atoms. The van der Waals surface area contributed by atoms with Gasteiger partial charge in [-0.3, -0.25) is 0 Å². The molecule has 5 nitrogen and oxygen atoms in total. The first-order chi connectivity index (χ1) is 12.2. The van der Waals surface area contributed by atoms with Crippen LogP contribution >= 0.6 is 23.2 Å². The average Bonchev–Trinajstić information content (AvgIpc) is 2.61. The average molecular weight is 388 g/mol. The predicted molar refractivity (Wildman–Crippen MR) is 104 cm³/mol. The molecule has 0 aromatic heterocycles. The minimum Gasteiger partial charge on any atom is -0.381 e. The smallest absolute Gasteiger partial charge is 0.191 e. The first-order valence-corrected chi connectivity index (χ1v) is 9.60. The minimum atomic E-state index is 0.350. The van der Waals surface area contributed by atoms with Gasteiger partial charge in [-0.05, 0) is 43.9 Å². The fourth-order valence-electron chi connectivity index (χ4n) is 2.53. The Balaban J connectivity index is 1.71. The monoisotopic (exact) mass is 387 g/mol. The van der Waals surface area contributed by atoms with E-state index in [2.05, 4.69) is 15.6 Å². The number of ether oxygens (including phenoxy) is 2. The van der Waals surface area contributed by atoms with Gasteiger partial charge in [0, 0.05) is 43.0 Å². The van der Waals surface area contributed by atoms with Crippen molar-refractivity contribution >= 4 is 29.2 Å². The van der Waals surface area contributed by atoms with Crippen molar-refractivity contribution in [3.05, 3.63) is 33.8 Å². The maximum absolute atomic E-state index is 6.19. The van der Waals surface area contributed by atoms with E-state index in [1.54, 1.807) is 6.07 Å². The maximum atomic E-state index is 6.19. The number of hydrogen-bond acceptors (Lipinski definition) is 3. The van der Waals surface area contributed by atoms with Crippen molar-refractivity contribution in [3.8, 4) is 0 Å². The van der Waals surface area contributed by atoms with E-state index < -0.39 is 0 Å². The van der Waals surface area contributed by atoms with Crippen LogP contribution in [-0.2, 0) is 16.0 Å². The molecule has 2 rings (SSSR count). The molecule has 2 N–H and O–H groups in total. The molecular weight excluding hydrogens is 361 g/mol. The lowest BCUT2D eigenvalue weighted by Gasteiger charge is -2.22. The molecule has 1 aliphatic heterocycles. The summed E-state index contributed by atoms with van der Waals surface area (Å²) in [6.07, 6.45) is 3.28. The van der Waals surface area contributed by atoms with Crippen molar-refractivity contribution in [2.45, 2.75) is 38.8 Å². The summed E-state index contributed by atoms with van der Waals surface area (Å²) in [7, 11) is 0. The molecule has 1 saturated heterocycles. The highest BCUT2D eigenvalue weighted by atomic mass is 35.5. The van der Waals surface area contributed by atoms with Crippen molar-refractivity contribution in [3.63, 3.8) is 0 Å². The summed E-state index contributed by atoms with van der Waals surface area (Å²) in [5, 5.41) is 7.83. The van der Waals surface area contributed by atoms with Gasteiger partial charge < -0.3 is 20.1 Å². The van der Waals surface area contributed by atoms with Crippen molar-refractivity contribution < 1.29 is 9.47 Å². The second kappa shape index (κ2) is 11.6. The van der Waals surface area contributed by atoms with Crippen LogP contribution in [0.25, 0.3) is 0 Å². The van der Waals surface area contributed by atoms with Gasteiger partial charge in [0.05, 0.1) is 12.6 Å². The molecule has 140 valence electrons. The number of benzene rings is 1. The lowest BCUT2D eigenvalue weighted by molar-refractivity contribution is -0.0320. The molecule has 0 saturated carbocycles. The highest BCUT2D eigenvalue weighted by Crippen LogP contribution is 2.21. The van der Waals surface area contributed by atoms with E-state index >= 15 is 0 Å². The van der Waals surface area contributed by atoms with E-state index in [4.69, 9.17) is 32.7 Å². The summed E-state index contributed by atoms with van der Waals surface area (Å²) in [5.74, 6) is 0.777. The second-order valence-electron chi connectivity index (χ2n) is 5.89. The lowest BCUT2D eigenvalue weighted by atomic mass is 10.1. The van der Waals surface area contributed by atoms with Crippen molar-refractivity contribution in [2.24, 2.45) is 4.99 Å². The molecule has 0 spiro atoms. The third-order valence-corrected chi connectivity index (χ3v) is 4.49. The summed E-state index contributed by atoms with van der Waals surface area (Å²) in [5.41, 5.74) is 0.950. The van der Waals surface area contributed by atoms with Crippen molar-refractivity contribution in [2.75, 3.05) is 32.9 Å². The molecule has 0 atom stereocenters. The van der Waals surface area contributed by atoms with Gasteiger partial charge >= 0.3 is 0 Å². The first kappa shape index (κ1) is 20.3. The molecule has 0 radical (unpaired) electrons. The number of aliphatic imine (C=N–C) groups is 1. The summed E-state index contributed by atoms with van der Waals surface area (Å²) >= 11 is 12.1. The largest absolute Gasteiger partial charge is 0.381 e. The number of guanidine groups is 1. The Kier molecular flexibility index (Phi) is 9.40. The van der Waals surface area contributed by atoms with E-state index in [1.165, 1.54) is 0 Å². The molecule has 1 aromatic rings. The van der Waals surface area contributed by atoms with Crippen LogP contribution < -0.4 is 10.6 Å². The SMILES string of the molecule is CCNC(=NCc1ccc(Cl)cc1Cl)NCCCOC1CCOCC1. The molecule has 7 heteroatoms. The predicted octanol–water partition coefficient (Wildman–Crippen LogP) is 3.63. The van der Waals surface area contributed by atoms with Crippen LogP contribution in [-0.4, -0.2) is 45.0 Å². The Bertz CT molecular complexity index is 549. The highest BCUT2D eigenvalue weighted by molar-refractivity contribution is 6.35. The fraction of sp³-hybridized carbons (Fsp3) is 0.611. The molecule has 0 amide bonds. The molecule has 0 aliphatic carbocycles. The van der Waals surface area contributed by atoms with E-state index in [-0.39, 0.29) is 0 Å². The quantitative estimate of drug-likeness (QED) is 0.406. The number of halogens is 2. The van der Waals surface area contributed by atoms with E-state index in [0.29, 0.717) is 22.7 Å². The van der Waals surface area contributed by atoms with E-state index in [0.717, 1.165) is 63.7 Å². The second-order valence-corrected chi connectivity index (χ2v) is 6.74. The third-order valence-electron chi connectivity index (χ3n) is 3.90. The molecule has 1 fully saturated rings. The van der Waals surface area contributed by atoms with Gasteiger partial charge in [-0.2, -0.15) is 0 Å². The van der Waals surface area contributed by atoms with Crippen LogP contribution in [0.15, 0.2) is 23.2 Å². The summed E-state index contributed by atoms with van der Waals surface area (Å²) in [4.78, 5) is 4.57. The molecular formula is C18H27Cl2N3O2. The number of rotatable bonds is 8. The Morgan fingerprint density at radius 3 is 2.80 bits per heavy atom. The highest BCUT2D eigenvalue weighted by Gasteiger charge is 2.13. The Hall–Kier alpha value is -1.01. The summed E-state index contributed by atoms with van der Waals surface area (Å²) < 4.78 is 11.2. The van der Waals surface area contributed by atoms with Gasteiger partial charge in [0.25, 0.3) is 0 Å². The minimum absolute atomic E-state index is 0.350. The zero-order chi connectivity index (χ0) is 17.9. The van der Waals surface area contributed by atoms with Gasteiger partial charge in [0.2, 0.25) is 0 Å². The standard InChI is InChI=1S/C18H27Cl2N3O2/c1-2-21-18(23-13-14-4-5-15(19)12-17(14)20)22-8-3-9-25-16-6-10-24-11-7-16/h4-5,12,16H,2-3,6-11,13H2,1H3,(H2,21,22,23). The van der Waals surface area contributed by atoms with E-state index in [9.17, 15) is 0 Å². The van der Waals surface area contributed by atoms with Gasteiger partial charge in [0.1, 0.15) is 0 Å². The van der Waals surface area contributed by atoms with Gasteiger partial charge in [-0.15, -0.1) is 0 Å². The topological polar surface area (TPSA) is 54.9 Å². The van der Waals surface area contributed by atoms with E-state index in [1.807, 2.05) is 19.1 Å². The number of hydrogen-bond donors (Lipinski definition) is 2. The van der Waals surface area contributed by atoms with Crippen molar-refractivity contribution in [1.29, 1.82) is 0 Å². The van der Waals surface area contributed by atoms with Gasteiger partial charge in [0.15, 0.2) is 5.96 Å². The summed E-state index contributed by atoms with van der Waals surface area (Å²) in [6.45, 7) is 6.54. The fourth-order valence-corrected chi connectivity index (χ4v) is 3.00. The summed E-state index contributed by atoms with van der Waals surface area (Å²) in [6, 6.07) is 5.47. The van der Waals surface area contributed by atoms with Gasteiger partial charge in [-0.25, -0.2) is 4.99 Å². The van der Waals surface area contributed by atoms with Crippen LogP contribution in [0.4, 0.5) is 0 Å². The van der Waals surface area contributed by atoms with Crippen LogP contribution in [0.1, 0.15) is 31.7 Å². The molecule has 0 unspecified atom stereocenters. The third kappa shape index (κ3) is 7.82. The Morgan fingerprint density at radius 2 is 2.08 bits per heavy atom. The molecule has 1 aliphatic rings. The maximum Gasteiger partial charge on any atom is 0.191 e. The number of nitrogens with one attached hydrogen (secondary N) is 2. The molecule has 1 heterocycles. The molecule has 1 aromatic carbocycles. The van der Waals surface area contributed by atoms with Gasteiger partial charge in [-0.1, -0.05) is 29.3 Å². The molecule has 0 bridgehead atoms. The number of nitrogens with zero attached hydrogens (tertiary/aromatic N) is 1. The lowest BCUT2D eigenvalue weighted by Crippen LogP contribution is -2.38. The van der Waals surface area contributed by atoms with Crippen LogP contribution in [0.2, 0.25) is 10.0 Å². The Morgan fingerprint density at radius 1 is 1.28 bits per heavy atom. The van der Waals surface area contributed by atoms with Crippen LogP contribution in [0.3, 0.4) is 0 Å². The Labute approximate surface area is 160 Å². The normalized spacial score (nSPS) is 16.0. The zero-order valence-electron chi connectivity index (χ0n) is 14.7. The first-order valence-electron chi connectivity index (χ1n) is 8.84. The van der Waals surface area contributed by atoms with Crippen LogP contribution in [0, 0.1) is 0 Å².